The highest BCUT2D eigenvalue weighted by Gasteiger charge is 2.18. The van der Waals surface area contributed by atoms with E-state index in [1.807, 2.05) is 42.5 Å². The number of hydrogen-bond acceptors (Lipinski definition) is 6. The molecule has 1 N–H and O–H groups in total. The number of aliphatic imine (C=N–C) groups is 1. The largest absolute Gasteiger partial charge is 0.493 e. The molecule has 140 valence electrons. The Labute approximate surface area is 163 Å². The summed E-state index contributed by atoms with van der Waals surface area (Å²) in [5.41, 5.74) is 8.72. The molecule has 2 aromatic carbocycles. The van der Waals surface area contributed by atoms with Crippen molar-refractivity contribution in [1.82, 2.24) is 10.4 Å². The molecule has 0 atom stereocenters. The van der Waals surface area contributed by atoms with Crippen molar-refractivity contribution in [2.75, 3.05) is 14.2 Å². The Balaban J connectivity index is 1.84. The van der Waals surface area contributed by atoms with Crippen molar-refractivity contribution in [2.45, 2.75) is 6.92 Å². The van der Waals surface area contributed by atoms with E-state index < -0.39 is 0 Å². The van der Waals surface area contributed by atoms with Gasteiger partial charge in [-0.3, -0.25) is 10.4 Å². The Morgan fingerprint density at radius 1 is 0.821 bits per heavy atom. The zero-order valence-corrected chi connectivity index (χ0v) is 15.9. The molecule has 6 heteroatoms. The number of ether oxygens (including phenoxy) is 2. The Hall–Kier alpha value is -3.67. The number of aryl methyl sites for hydroxylation is 1. The van der Waals surface area contributed by atoms with Crippen molar-refractivity contribution >= 4 is 17.2 Å². The van der Waals surface area contributed by atoms with Crippen LogP contribution in [0.15, 0.2) is 71.0 Å². The van der Waals surface area contributed by atoms with E-state index >= 15 is 0 Å². The highest BCUT2D eigenvalue weighted by atomic mass is 16.5. The van der Waals surface area contributed by atoms with Gasteiger partial charge in [0.15, 0.2) is 17.3 Å². The van der Waals surface area contributed by atoms with Crippen molar-refractivity contribution < 1.29 is 9.47 Å². The predicted octanol–water partition coefficient (Wildman–Crippen LogP) is 3.84. The number of hydrogen-bond donors (Lipinski definition) is 1. The Morgan fingerprint density at radius 2 is 1.61 bits per heavy atom. The first kappa shape index (κ1) is 17.7. The van der Waals surface area contributed by atoms with E-state index in [0.717, 1.165) is 33.7 Å². The third-order valence-electron chi connectivity index (χ3n) is 4.52. The molecule has 0 aliphatic carbocycles. The zero-order chi connectivity index (χ0) is 19.5. The van der Waals surface area contributed by atoms with Gasteiger partial charge >= 0.3 is 0 Å². The normalized spacial score (nSPS) is 12.8. The fourth-order valence-electron chi connectivity index (χ4n) is 3.09. The summed E-state index contributed by atoms with van der Waals surface area (Å²) in [6.07, 6.45) is 3.52. The molecule has 3 aromatic rings. The van der Waals surface area contributed by atoms with E-state index in [0.29, 0.717) is 17.3 Å². The Kier molecular flexibility index (Phi) is 4.76. The van der Waals surface area contributed by atoms with Crippen molar-refractivity contribution in [2.24, 2.45) is 10.1 Å². The predicted molar refractivity (Wildman–Crippen MR) is 110 cm³/mol. The monoisotopic (exact) mass is 372 g/mol. The highest BCUT2D eigenvalue weighted by molar-refractivity contribution is 6.18. The third-order valence-corrected chi connectivity index (χ3v) is 4.52. The van der Waals surface area contributed by atoms with Crippen LogP contribution in [0.4, 0.5) is 5.69 Å². The molecule has 0 amide bonds. The lowest BCUT2D eigenvalue weighted by atomic mass is 10.00. The molecule has 1 aliphatic rings. The molecule has 1 aliphatic heterocycles. The fourth-order valence-corrected chi connectivity index (χ4v) is 3.09. The first-order valence-corrected chi connectivity index (χ1v) is 8.86. The summed E-state index contributed by atoms with van der Waals surface area (Å²) in [5, 5.41) is 4.67. The number of benzene rings is 2. The van der Waals surface area contributed by atoms with Crippen molar-refractivity contribution in [3.8, 4) is 11.5 Å². The van der Waals surface area contributed by atoms with Crippen LogP contribution in [-0.2, 0) is 0 Å². The molecule has 2 heterocycles. The van der Waals surface area contributed by atoms with Gasteiger partial charge in [-0.15, -0.1) is 0 Å². The summed E-state index contributed by atoms with van der Waals surface area (Å²) < 4.78 is 10.8. The molecule has 1 aromatic heterocycles. The summed E-state index contributed by atoms with van der Waals surface area (Å²) in [6, 6.07) is 15.7. The summed E-state index contributed by atoms with van der Waals surface area (Å²) >= 11 is 0. The maximum Gasteiger partial charge on any atom is 0.161 e. The molecule has 0 unspecified atom stereocenters. The minimum absolute atomic E-state index is 0.634. The first-order chi connectivity index (χ1) is 13.7. The summed E-state index contributed by atoms with van der Waals surface area (Å²) in [4.78, 5) is 8.94. The van der Waals surface area contributed by atoms with Crippen LogP contribution in [-0.4, -0.2) is 30.8 Å². The highest BCUT2D eigenvalue weighted by Crippen LogP contribution is 2.30. The van der Waals surface area contributed by atoms with Crippen LogP contribution in [0.25, 0.3) is 0 Å². The lowest BCUT2D eigenvalue weighted by molar-refractivity contribution is 0.355. The molecular weight excluding hydrogens is 352 g/mol. The van der Waals surface area contributed by atoms with Gasteiger partial charge in [-0.1, -0.05) is 11.6 Å². The summed E-state index contributed by atoms with van der Waals surface area (Å²) in [7, 11) is 3.23. The van der Waals surface area contributed by atoms with Gasteiger partial charge in [0.2, 0.25) is 0 Å². The third kappa shape index (κ3) is 3.32. The van der Waals surface area contributed by atoms with Gasteiger partial charge in [0.05, 0.1) is 19.9 Å². The second-order valence-electron chi connectivity index (χ2n) is 6.36. The fraction of sp³-hybridized carbons (Fsp3) is 0.136. The molecule has 0 saturated carbocycles. The van der Waals surface area contributed by atoms with Gasteiger partial charge in [-0.25, -0.2) is 4.99 Å². The molecule has 4 rings (SSSR count). The van der Waals surface area contributed by atoms with E-state index in [4.69, 9.17) is 14.5 Å². The van der Waals surface area contributed by atoms with Crippen LogP contribution < -0.4 is 14.9 Å². The lowest BCUT2D eigenvalue weighted by Gasteiger charge is -2.10. The Bertz CT molecular complexity index is 1080. The topological polar surface area (TPSA) is 68.1 Å². The van der Waals surface area contributed by atoms with Crippen molar-refractivity contribution in [3.05, 3.63) is 83.2 Å². The minimum Gasteiger partial charge on any atom is -0.493 e. The summed E-state index contributed by atoms with van der Waals surface area (Å²) in [5.74, 6) is 1.93. The minimum atomic E-state index is 0.634. The van der Waals surface area contributed by atoms with Crippen LogP contribution in [0.3, 0.4) is 0 Å². The number of rotatable bonds is 4. The van der Waals surface area contributed by atoms with Gasteiger partial charge in [-0.05, 0) is 49.4 Å². The summed E-state index contributed by atoms with van der Waals surface area (Å²) in [6.45, 7) is 2.06. The number of aromatic nitrogens is 1. The van der Waals surface area contributed by atoms with Gasteiger partial charge in [0.25, 0.3) is 0 Å². The molecular formula is C22H20N4O2. The number of methoxy groups -OCH3 is 2. The van der Waals surface area contributed by atoms with E-state index in [9.17, 15) is 0 Å². The van der Waals surface area contributed by atoms with Crippen LogP contribution in [0.1, 0.15) is 22.3 Å². The molecule has 0 spiro atoms. The molecule has 0 fully saturated rings. The SMILES string of the molecule is COc1ccc(C2=Nc3ccc(C)cc3C(c3ccncc3)=NN2)cc1OC. The number of amidine groups is 1. The van der Waals surface area contributed by atoms with Crippen molar-refractivity contribution in [3.63, 3.8) is 0 Å². The lowest BCUT2D eigenvalue weighted by Crippen LogP contribution is -2.19. The number of pyridine rings is 1. The van der Waals surface area contributed by atoms with E-state index in [-0.39, 0.29) is 0 Å². The second kappa shape index (κ2) is 7.52. The number of fused-ring (bicyclic) bond motifs is 1. The molecule has 6 nitrogen and oxygen atoms in total. The smallest absolute Gasteiger partial charge is 0.161 e. The average Bonchev–Trinajstić information content (AvgIpc) is 2.93. The van der Waals surface area contributed by atoms with Gasteiger partial charge in [0, 0.05) is 29.1 Å². The second-order valence-corrected chi connectivity index (χ2v) is 6.36. The van der Waals surface area contributed by atoms with E-state index in [2.05, 4.69) is 28.5 Å². The number of nitrogens with one attached hydrogen (secondary N) is 1. The first-order valence-electron chi connectivity index (χ1n) is 8.86. The molecule has 28 heavy (non-hydrogen) atoms. The van der Waals surface area contributed by atoms with Crippen LogP contribution in [0, 0.1) is 6.92 Å². The number of hydrazone groups is 1. The van der Waals surface area contributed by atoms with Crippen LogP contribution in [0.5, 0.6) is 11.5 Å². The maximum atomic E-state index is 5.42. The molecule has 0 radical (unpaired) electrons. The quantitative estimate of drug-likeness (QED) is 0.755. The maximum absolute atomic E-state index is 5.42. The standard InChI is InChI=1S/C22H20N4O2/c1-14-4-6-18-17(12-14)21(15-8-10-23-11-9-15)25-26-22(24-18)16-5-7-19(27-2)20(13-16)28-3/h4-13H,1-3H3,(H,24,26). The van der Waals surface area contributed by atoms with Crippen molar-refractivity contribution in [1.29, 1.82) is 0 Å². The average molecular weight is 372 g/mol. The number of nitrogens with zero attached hydrogens (tertiary/aromatic N) is 3. The van der Waals surface area contributed by atoms with E-state index in [1.165, 1.54) is 0 Å². The van der Waals surface area contributed by atoms with Gasteiger partial charge in [-0.2, -0.15) is 5.10 Å². The Morgan fingerprint density at radius 3 is 2.36 bits per heavy atom. The van der Waals surface area contributed by atoms with E-state index in [1.54, 1.807) is 26.6 Å². The molecule has 0 saturated heterocycles. The van der Waals surface area contributed by atoms with Crippen LogP contribution >= 0.6 is 0 Å². The van der Waals surface area contributed by atoms with Gasteiger partial charge < -0.3 is 9.47 Å². The van der Waals surface area contributed by atoms with Gasteiger partial charge in [0.1, 0.15) is 5.71 Å². The molecule has 0 bridgehead atoms. The van der Waals surface area contributed by atoms with Crippen LogP contribution in [0.2, 0.25) is 0 Å². The zero-order valence-electron chi connectivity index (χ0n) is 15.9.